The van der Waals surface area contributed by atoms with Crippen molar-refractivity contribution in [2.24, 2.45) is 5.92 Å². The zero-order chi connectivity index (χ0) is 12.4. The van der Waals surface area contributed by atoms with Crippen molar-refractivity contribution in [2.45, 2.75) is 56.9 Å². The SMILES string of the molecule is CCCNC(C1CC1)C1(c2ccccc2)CCC1. The summed E-state index contributed by atoms with van der Waals surface area (Å²) in [6, 6.07) is 12.0. The first-order valence-corrected chi connectivity index (χ1v) is 7.66. The zero-order valence-electron chi connectivity index (χ0n) is 11.5. The van der Waals surface area contributed by atoms with Crippen LogP contribution in [0.1, 0.15) is 51.0 Å². The molecule has 0 heterocycles. The molecule has 1 unspecified atom stereocenters. The van der Waals surface area contributed by atoms with Crippen LogP contribution in [0.15, 0.2) is 30.3 Å². The molecule has 0 aliphatic heterocycles. The van der Waals surface area contributed by atoms with E-state index in [0.29, 0.717) is 5.41 Å². The van der Waals surface area contributed by atoms with E-state index in [-0.39, 0.29) is 0 Å². The molecule has 0 aromatic heterocycles. The van der Waals surface area contributed by atoms with Crippen molar-refractivity contribution in [1.29, 1.82) is 0 Å². The van der Waals surface area contributed by atoms with Crippen molar-refractivity contribution in [3.05, 3.63) is 35.9 Å². The lowest BCUT2D eigenvalue weighted by Gasteiger charge is -2.49. The van der Waals surface area contributed by atoms with Crippen LogP contribution in [-0.4, -0.2) is 12.6 Å². The van der Waals surface area contributed by atoms with E-state index in [2.05, 4.69) is 42.6 Å². The molecule has 2 aliphatic rings. The van der Waals surface area contributed by atoms with Crippen LogP contribution >= 0.6 is 0 Å². The van der Waals surface area contributed by atoms with Gasteiger partial charge in [-0.1, -0.05) is 43.7 Å². The fourth-order valence-corrected chi connectivity index (χ4v) is 3.65. The number of rotatable bonds is 6. The van der Waals surface area contributed by atoms with Crippen molar-refractivity contribution < 1.29 is 0 Å². The molecular weight excluding hydrogens is 218 g/mol. The molecule has 1 N–H and O–H groups in total. The van der Waals surface area contributed by atoms with Crippen LogP contribution in [0.2, 0.25) is 0 Å². The van der Waals surface area contributed by atoms with Gasteiger partial charge in [0.15, 0.2) is 0 Å². The maximum Gasteiger partial charge on any atom is 0.0192 e. The molecular formula is C17H25N. The van der Waals surface area contributed by atoms with Crippen LogP contribution in [0.4, 0.5) is 0 Å². The minimum Gasteiger partial charge on any atom is -0.313 e. The van der Waals surface area contributed by atoms with E-state index in [1.54, 1.807) is 5.56 Å². The minimum absolute atomic E-state index is 0.456. The largest absolute Gasteiger partial charge is 0.313 e. The molecule has 98 valence electrons. The van der Waals surface area contributed by atoms with E-state index < -0.39 is 0 Å². The lowest BCUT2D eigenvalue weighted by atomic mass is 9.59. The van der Waals surface area contributed by atoms with Crippen LogP contribution in [-0.2, 0) is 5.41 Å². The van der Waals surface area contributed by atoms with Crippen molar-refractivity contribution in [1.82, 2.24) is 5.32 Å². The smallest absolute Gasteiger partial charge is 0.0192 e. The Kier molecular flexibility index (Phi) is 3.43. The Balaban J connectivity index is 1.84. The molecule has 2 aliphatic carbocycles. The maximum absolute atomic E-state index is 3.87. The molecule has 2 saturated carbocycles. The summed E-state index contributed by atoms with van der Waals surface area (Å²) < 4.78 is 0. The number of benzene rings is 1. The van der Waals surface area contributed by atoms with E-state index in [4.69, 9.17) is 0 Å². The molecule has 18 heavy (non-hydrogen) atoms. The summed E-state index contributed by atoms with van der Waals surface area (Å²) in [5, 5.41) is 3.87. The Morgan fingerprint density at radius 1 is 1.22 bits per heavy atom. The third-order valence-corrected chi connectivity index (χ3v) is 4.90. The van der Waals surface area contributed by atoms with Crippen LogP contribution in [0.25, 0.3) is 0 Å². The molecule has 1 aromatic rings. The van der Waals surface area contributed by atoms with E-state index in [1.165, 1.54) is 45.1 Å². The van der Waals surface area contributed by atoms with Crippen molar-refractivity contribution >= 4 is 0 Å². The molecule has 3 rings (SSSR count). The highest BCUT2D eigenvalue weighted by atomic mass is 15.0. The number of hydrogen-bond donors (Lipinski definition) is 1. The second-order valence-electron chi connectivity index (χ2n) is 6.14. The average Bonchev–Trinajstić information content (AvgIpc) is 3.17. The molecule has 2 fully saturated rings. The minimum atomic E-state index is 0.456. The summed E-state index contributed by atoms with van der Waals surface area (Å²) in [5.74, 6) is 0.942. The van der Waals surface area contributed by atoms with Gasteiger partial charge in [0, 0.05) is 11.5 Å². The third kappa shape index (κ3) is 2.09. The number of hydrogen-bond acceptors (Lipinski definition) is 1. The van der Waals surface area contributed by atoms with Crippen LogP contribution in [0.5, 0.6) is 0 Å². The normalized spacial score (nSPS) is 23.4. The topological polar surface area (TPSA) is 12.0 Å². The molecule has 0 saturated heterocycles. The van der Waals surface area contributed by atoms with Gasteiger partial charge in [-0.25, -0.2) is 0 Å². The second kappa shape index (κ2) is 5.05. The Morgan fingerprint density at radius 3 is 2.44 bits per heavy atom. The Bertz CT molecular complexity index is 376. The van der Waals surface area contributed by atoms with E-state index in [1.807, 2.05) is 0 Å². The molecule has 1 heteroatoms. The predicted octanol–water partition coefficient (Wildman–Crippen LogP) is 3.89. The molecule has 0 spiro atoms. The second-order valence-corrected chi connectivity index (χ2v) is 6.14. The van der Waals surface area contributed by atoms with Gasteiger partial charge in [-0.2, -0.15) is 0 Å². The molecule has 1 aromatic carbocycles. The maximum atomic E-state index is 3.87. The first-order chi connectivity index (χ1) is 8.87. The van der Waals surface area contributed by atoms with Gasteiger partial charge in [0.2, 0.25) is 0 Å². The lowest BCUT2D eigenvalue weighted by Crippen LogP contribution is -2.54. The molecule has 1 atom stereocenters. The molecule has 0 radical (unpaired) electrons. The van der Waals surface area contributed by atoms with Crippen molar-refractivity contribution in [3.63, 3.8) is 0 Å². The highest BCUT2D eigenvalue weighted by Gasteiger charge is 2.50. The zero-order valence-corrected chi connectivity index (χ0v) is 11.5. The summed E-state index contributed by atoms with van der Waals surface area (Å²) in [7, 11) is 0. The summed E-state index contributed by atoms with van der Waals surface area (Å²) in [5.41, 5.74) is 2.04. The summed E-state index contributed by atoms with van der Waals surface area (Å²) >= 11 is 0. The molecule has 1 nitrogen and oxygen atoms in total. The lowest BCUT2D eigenvalue weighted by molar-refractivity contribution is 0.153. The highest BCUT2D eigenvalue weighted by molar-refractivity contribution is 5.31. The van der Waals surface area contributed by atoms with E-state index in [0.717, 1.165) is 12.0 Å². The third-order valence-electron chi connectivity index (χ3n) is 4.90. The monoisotopic (exact) mass is 243 g/mol. The Hall–Kier alpha value is -0.820. The van der Waals surface area contributed by atoms with Gasteiger partial charge in [-0.05, 0) is 50.1 Å². The first kappa shape index (κ1) is 12.2. The van der Waals surface area contributed by atoms with Gasteiger partial charge in [-0.3, -0.25) is 0 Å². The fraction of sp³-hybridized carbons (Fsp3) is 0.647. The fourth-order valence-electron chi connectivity index (χ4n) is 3.65. The summed E-state index contributed by atoms with van der Waals surface area (Å²) in [4.78, 5) is 0. The quantitative estimate of drug-likeness (QED) is 0.799. The summed E-state index contributed by atoms with van der Waals surface area (Å²) in [6.07, 6.45) is 8.30. The van der Waals surface area contributed by atoms with Crippen LogP contribution in [0.3, 0.4) is 0 Å². The van der Waals surface area contributed by atoms with Crippen molar-refractivity contribution in [2.75, 3.05) is 6.54 Å². The van der Waals surface area contributed by atoms with Gasteiger partial charge < -0.3 is 5.32 Å². The van der Waals surface area contributed by atoms with Gasteiger partial charge in [0.05, 0.1) is 0 Å². The first-order valence-electron chi connectivity index (χ1n) is 7.66. The summed E-state index contributed by atoms with van der Waals surface area (Å²) in [6.45, 7) is 3.45. The van der Waals surface area contributed by atoms with Crippen molar-refractivity contribution in [3.8, 4) is 0 Å². The van der Waals surface area contributed by atoms with Gasteiger partial charge in [0.25, 0.3) is 0 Å². The van der Waals surface area contributed by atoms with Gasteiger partial charge in [0.1, 0.15) is 0 Å². The highest BCUT2D eigenvalue weighted by Crippen LogP contribution is 2.52. The standard InChI is InChI=1S/C17H25N/c1-2-13-18-16(14-9-10-14)17(11-6-12-17)15-7-4-3-5-8-15/h3-5,7-8,14,16,18H,2,6,9-13H2,1H3. The Labute approximate surface area is 111 Å². The van der Waals surface area contributed by atoms with E-state index in [9.17, 15) is 0 Å². The molecule has 0 bridgehead atoms. The number of nitrogens with one attached hydrogen (secondary N) is 1. The van der Waals surface area contributed by atoms with Gasteiger partial charge in [-0.15, -0.1) is 0 Å². The van der Waals surface area contributed by atoms with Crippen LogP contribution < -0.4 is 5.32 Å². The van der Waals surface area contributed by atoms with E-state index >= 15 is 0 Å². The molecule has 0 amide bonds. The average molecular weight is 243 g/mol. The Morgan fingerprint density at radius 2 is 1.94 bits per heavy atom. The predicted molar refractivity (Wildman–Crippen MR) is 76.8 cm³/mol. The van der Waals surface area contributed by atoms with Gasteiger partial charge >= 0.3 is 0 Å². The van der Waals surface area contributed by atoms with Crippen LogP contribution in [0, 0.1) is 5.92 Å².